The largest absolute Gasteiger partial charge is 0.573 e. The molecule has 0 bridgehead atoms. The van der Waals surface area contributed by atoms with Crippen LogP contribution in [0.2, 0.25) is 0 Å². The number of rotatable bonds is 3. The Morgan fingerprint density at radius 1 is 1.42 bits per heavy atom. The Morgan fingerprint density at radius 3 is 2.89 bits per heavy atom. The molecule has 2 rings (SSSR count). The molecule has 0 amide bonds. The summed E-state index contributed by atoms with van der Waals surface area (Å²) >= 11 is 0. The van der Waals surface area contributed by atoms with Crippen LogP contribution in [0, 0.1) is 0 Å². The zero-order valence-corrected chi connectivity index (χ0v) is 10.7. The van der Waals surface area contributed by atoms with Crippen molar-refractivity contribution in [2.24, 2.45) is 0 Å². The number of anilines is 1. The maximum Gasteiger partial charge on any atom is 0.573 e. The fourth-order valence-electron chi connectivity index (χ4n) is 2.21. The van der Waals surface area contributed by atoms with Gasteiger partial charge in [-0.2, -0.15) is 0 Å². The molecule has 0 aliphatic carbocycles. The summed E-state index contributed by atoms with van der Waals surface area (Å²) < 4.78 is 40.5. The number of benzene rings is 1. The second kappa shape index (κ2) is 5.69. The van der Waals surface area contributed by atoms with E-state index in [9.17, 15) is 13.2 Å². The van der Waals surface area contributed by atoms with Crippen LogP contribution in [0.3, 0.4) is 0 Å². The monoisotopic (exact) mass is 274 g/mol. The van der Waals surface area contributed by atoms with E-state index >= 15 is 0 Å². The zero-order chi connectivity index (χ0) is 13.9. The van der Waals surface area contributed by atoms with Gasteiger partial charge in [0.05, 0.1) is 0 Å². The summed E-state index contributed by atoms with van der Waals surface area (Å²) in [6.07, 6.45) is -3.65. The summed E-state index contributed by atoms with van der Waals surface area (Å²) in [7, 11) is 0. The number of alkyl halides is 3. The van der Waals surface area contributed by atoms with Crippen molar-refractivity contribution in [1.82, 2.24) is 5.32 Å². The van der Waals surface area contributed by atoms with Crippen molar-refractivity contribution in [1.29, 1.82) is 0 Å². The molecule has 1 atom stereocenters. The number of ether oxygens (including phenoxy) is 1. The average Bonchev–Trinajstić information content (AvgIpc) is 2.37. The minimum Gasteiger partial charge on any atom is -0.406 e. The Balaban J connectivity index is 2.09. The van der Waals surface area contributed by atoms with Gasteiger partial charge < -0.3 is 15.0 Å². The van der Waals surface area contributed by atoms with E-state index in [1.165, 1.54) is 12.1 Å². The Bertz CT molecular complexity index is 423. The highest BCUT2D eigenvalue weighted by molar-refractivity contribution is 5.51. The van der Waals surface area contributed by atoms with Gasteiger partial charge in [0, 0.05) is 37.4 Å². The van der Waals surface area contributed by atoms with E-state index in [-0.39, 0.29) is 5.75 Å². The van der Waals surface area contributed by atoms with Gasteiger partial charge in [0.1, 0.15) is 5.75 Å². The van der Waals surface area contributed by atoms with Gasteiger partial charge >= 0.3 is 6.36 Å². The molecule has 1 aromatic rings. The predicted molar refractivity (Wildman–Crippen MR) is 67.4 cm³/mol. The fourth-order valence-corrected chi connectivity index (χ4v) is 2.21. The van der Waals surface area contributed by atoms with Crippen LogP contribution in [0.1, 0.15) is 13.3 Å². The van der Waals surface area contributed by atoms with Crippen molar-refractivity contribution < 1.29 is 17.9 Å². The van der Waals surface area contributed by atoms with Gasteiger partial charge in [-0.3, -0.25) is 0 Å². The fraction of sp³-hybridized carbons (Fsp3) is 0.538. The van der Waals surface area contributed by atoms with Crippen molar-refractivity contribution in [3.63, 3.8) is 0 Å². The van der Waals surface area contributed by atoms with E-state index in [1.807, 2.05) is 0 Å². The van der Waals surface area contributed by atoms with E-state index in [0.717, 1.165) is 31.7 Å². The molecule has 1 unspecified atom stereocenters. The Kier molecular flexibility index (Phi) is 4.19. The molecule has 0 aromatic heterocycles. The maximum atomic E-state index is 12.2. The van der Waals surface area contributed by atoms with Crippen LogP contribution in [-0.4, -0.2) is 32.0 Å². The summed E-state index contributed by atoms with van der Waals surface area (Å²) in [4.78, 5) is 2.08. The van der Waals surface area contributed by atoms with Crippen LogP contribution < -0.4 is 15.0 Å². The molecule has 1 aromatic carbocycles. The molecule has 3 nitrogen and oxygen atoms in total. The highest BCUT2D eigenvalue weighted by Crippen LogP contribution is 2.27. The quantitative estimate of drug-likeness (QED) is 0.917. The molecule has 1 aliphatic heterocycles. The summed E-state index contributed by atoms with van der Waals surface area (Å²) in [5.74, 6) is -0.170. The normalized spacial score (nSPS) is 20.4. The standard InChI is InChI=1S/C13H17F3N2O/c1-2-10-9-18(7-6-17-10)11-4-3-5-12(8-11)19-13(14,15)16/h3-5,8,10,17H,2,6-7,9H2,1H3. The summed E-state index contributed by atoms with van der Waals surface area (Å²) in [6, 6.07) is 6.52. The van der Waals surface area contributed by atoms with E-state index in [4.69, 9.17) is 0 Å². The molecule has 19 heavy (non-hydrogen) atoms. The van der Waals surface area contributed by atoms with Gasteiger partial charge in [0.15, 0.2) is 0 Å². The number of hydrogen-bond acceptors (Lipinski definition) is 3. The predicted octanol–water partition coefficient (Wildman–Crippen LogP) is 2.77. The lowest BCUT2D eigenvalue weighted by Gasteiger charge is -2.35. The molecule has 1 N–H and O–H groups in total. The van der Waals surface area contributed by atoms with Gasteiger partial charge in [0.2, 0.25) is 0 Å². The number of nitrogens with one attached hydrogen (secondary N) is 1. The summed E-state index contributed by atoms with van der Waals surface area (Å²) in [5, 5.41) is 3.37. The molecule has 6 heteroatoms. The maximum absolute atomic E-state index is 12.2. The third-order valence-corrected chi connectivity index (χ3v) is 3.16. The van der Waals surface area contributed by atoms with Crippen LogP contribution >= 0.6 is 0 Å². The lowest BCUT2D eigenvalue weighted by atomic mass is 10.1. The lowest BCUT2D eigenvalue weighted by molar-refractivity contribution is -0.274. The second-order valence-electron chi connectivity index (χ2n) is 4.55. The molecular weight excluding hydrogens is 257 g/mol. The van der Waals surface area contributed by atoms with Crippen LogP contribution in [0.5, 0.6) is 5.75 Å². The first-order valence-corrected chi connectivity index (χ1v) is 6.32. The van der Waals surface area contributed by atoms with E-state index < -0.39 is 6.36 Å². The molecule has 106 valence electrons. The van der Waals surface area contributed by atoms with Crippen molar-refractivity contribution in [2.45, 2.75) is 25.7 Å². The first-order chi connectivity index (χ1) is 8.98. The van der Waals surface area contributed by atoms with Crippen LogP contribution in [0.15, 0.2) is 24.3 Å². The number of halogens is 3. The van der Waals surface area contributed by atoms with Crippen molar-refractivity contribution in [3.05, 3.63) is 24.3 Å². The third kappa shape index (κ3) is 4.02. The first kappa shape index (κ1) is 14.0. The van der Waals surface area contributed by atoms with E-state index in [1.54, 1.807) is 12.1 Å². The van der Waals surface area contributed by atoms with Gasteiger partial charge in [-0.25, -0.2) is 0 Å². The summed E-state index contributed by atoms with van der Waals surface area (Å²) in [6.45, 7) is 4.51. The van der Waals surface area contributed by atoms with Gasteiger partial charge in [-0.05, 0) is 18.6 Å². The molecule has 1 heterocycles. The SMILES string of the molecule is CCC1CN(c2cccc(OC(F)(F)F)c2)CCN1. The minimum absolute atomic E-state index is 0.170. The van der Waals surface area contributed by atoms with E-state index in [0.29, 0.717) is 6.04 Å². The number of nitrogens with zero attached hydrogens (tertiary/aromatic N) is 1. The molecule has 0 saturated carbocycles. The Morgan fingerprint density at radius 2 is 2.21 bits per heavy atom. The number of hydrogen-bond donors (Lipinski definition) is 1. The highest BCUT2D eigenvalue weighted by atomic mass is 19.4. The van der Waals surface area contributed by atoms with Crippen LogP contribution in [-0.2, 0) is 0 Å². The molecule has 1 saturated heterocycles. The van der Waals surface area contributed by atoms with Crippen LogP contribution in [0.4, 0.5) is 18.9 Å². The van der Waals surface area contributed by atoms with E-state index in [2.05, 4.69) is 21.9 Å². The molecule has 0 radical (unpaired) electrons. The van der Waals surface area contributed by atoms with Gasteiger partial charge in [-0.1, -0.05) is 13.0 Å². The average molecular weight is 274 g/mol. The van der Waals surface area contributed by atoms with Crippen molar-refractivity contribution in [3.8, 4) is 5.75 Å². The topological polar surface area (TPSA) is 24.5 Å². The Hall–Kier alpha value is -1.43. The van der Waals surface area contributed by atoms with Crippen molar-refractivity contribution >= 4 is 5.69 Å². The second-order valence-corrected chi connectivity index (χ2v) is 4.55. The van der Waals surface area contributed by atoms with Gasteiger partial charge in [-0.15, -0.1) is 13.2 Å². The minimum atomic E-state index is -4.64. The molecular formula is C13H17F3N2O. The molecule has 0 spiro atoms. The zero-order valence-electron chi connectivity index (χ0n) is 10.7. The van der Waals surface area contributed by atoms with Crippen molar-refractivity contribution in [2.75, 3.05) is 24.5 Å². The smallest absolute Gasteiger partial charge is 0.406 e. The summed E-state index contributed by atoms with van der Waals surface area (Å²) in [5.41, 5.74) is 0.765. The first-order valence-electron chi connectivity index (χ1n) is 6.32. The Labute approximate surface area is 110 Å². The van der Waals surface area contributed by atoms with Crippen LogP contribution in [0.25, 0.3) is 0 Å². The molecule has 1 aliphatic rings. The van der Waals surface area contributed by atoms with Gasteiger partial charge in [0.25, 0.3) is 0 Å². The third-order valence-electron chi connectivity index (χ3n) is 3.16. The number of piperazine rings is 1. The highest BCUT2D eigenvalue weighted by Gasteiger charge is 2.31. The molecule has 1 fully saturated rings. The lowest BCUT2D eigenvalue weighted by Crippen LogP contribution is -2.50.